The summed E-state index contributed by atoms with van der Waals surface area (Å²) in [5.41, 5.74) is 7.18. The molecule has 0 saturated carbocycles. The van der Waals surface area contributed by atoms with Crippen LogP contribution < -0.4 is 5.73 Å². The number of hydrogen-bond acceptors (Lipinski definition) is 3. The molecule has 2 N–H and O–H groups in total. The Bertz CT molecular complexity index is 481. The molecule has 0 unspecified atom stereocenters. The Hall–Kier alpha value is -1.84. The number of aryl methyl sites for hydroxylation is 1. The highest BCUT2D eigenvalue weighted by Gasteiger charge is 2.49. The minimum Gasteiger partial charge on any atom is -0.428 e. The zero-order valence-corrected chi connectivity index (χ0v) is 8.06. The van der Waals surface area contributed by atoms with Gasteiger partial charge in [0.15, 0.2) is 11.4 Å². The first kappa shape index (κ1) is 8.47. The van der Waals surface area contributed by atoms with E-state index in [9.17, 15) is 4.79 Å². The molecular formula is C11H10N2O2. The Morgan fingerprint density at radius 3 is 2.93 bits per heavy atom. The molecule has 0 bridgehead atoms. The molecule has 4 nitrogen and oxygen atoms in total. The molecule has 1 spiro atoms. The van der Waals surface area contributed by atoms with Gasteiger partial charge < -0.3 is 10.5 Å². The average molecular weight is 202 g/mol. The molecule has 4 heteroatoms. The SMILES string of the molecule is NC1=NC(=O)O[C@]12CCc1ccccc12. The molecule has 76 valence electrons. The topological polar surface area (TPSA) is 64.7 Å². The zero-order chi connectivity index (χ0) is 10.5. The lowest BCUT2D eigenvalue weighted by Crippen LogP contribution is -2.37. The van der Waals surface area contributed by atoms with Gasteiger partial charge in [-0.1, -0.05) is 24.3 Å². The monoisotopic (exact) mass is 202 g/mol. The van der Waals surface area contributed by atoms with Crippen LogP contribution in [0.2, 0.25) is 0 Å². The third-order valence-electron chi connectivity index (χ3n) is 3.09. The van der Waals surface area contributed by atoms with Crippen molar-refractivity contribution in [2.45, 2.75) is 18.4 Å². The number of nitrogens with zero attached hydrogens (tertiary/aromatic N) is 1. The largest absolute Gasteiger partial charge is 0.436 e. The number of benzene rings is 1. The van der Waals surface area contributed by atoms with E-state index in [4.69, 9.17) is 10.5 Å². The Labute approximate surface area is 86.8 Å². The minimum atomic E-state index is -0.770. The van der Waals surface area contributed by atoms with Gasteiger partial charge in [0.05, 0.1) is 0 Å². The van der Waals surface area contributed by atoms with Crippen molar-refractivity contribution < 1.29 is 9.53 Å². The standard InChI is InChI=1S/C11H10N2O2/c12-9-11(15-10(14)13-9)6-5-7-3-1-2-4-8(7)11/h1-4H,5-6H2,(H2,12,13,14)/t11-/m0/s1. The molecule has 1 atom stereocenters. The predicted molar refractivity (Wildman–Crippen MR) is 54.5 cm³/mol. The number of nitrogens with two attached hydrogens (primary N) is 1. The Morgan fingerprint density at radius 1 is 1.40 bits per heavy atom. The van der Waals surface area contributed by atoms with Gasteiger partial charge in [-0.2, -0.15) is 4.99 Å². The van der Waals surface area contributed by atoms with Crippen LogP contribution in [0.1, 0.15) is 17.5 Å². The van der Waals surface area contributed by atoms with Gasteiger partial charge in [-0.15, -0.1) is 0 Å². The van der Waals surface area contributed by atoms with Crippen LogP contribution in [-0.4, -0.2) is 11.9 Å². The van der Waals surface area contributed by atoms with Gasteiger partial charge in [0.2, 0.25) is 0 Å². The molecule has 0 saturated heterocycles. The molecule has 1 aromatic rings. The molecule has 0 aromatic heterocycles. The number of ether oxygens (including phenoxy) is 1. The van der Waals surface area contributed by atoms with Gasteiger partial charge in [-0.05, 0) is 12.0 Å². The van der Waals surface area contributed by atoms with Crippen LogP contribution in [0, 0.1) is 0 Å². The van der Waals surface area contributed by atoms with Crippen molar-refractivity contribution in [3.63, 3.8) is 0 Å². The summed E-state index contributed by atoms with van der Waals surface area (Å²) in [6, 6.07) is 7.88. The first-order chi connectivity index (χ1) is 7.22. The lowest BCUT2D eigenvalue weighted by molar-refractivity contribution is 0.0808. The summed E-state index contributed by atoms with van der Waals surface area (Å²) in [6.45, 7) is 0. The number of rotatable bonds is 0. The van der Waals surface area contributed by atoms with E-state index in [1.807, 2.05) is 24.3 Å². The van der Waals surface area contributed by atoms with Crippen LogP contribution in [0.25, 0.3) is 0 Å². The second-order valence-electron chi connectivity index (χ2n) is 3.85. The number of amidine groups is 1. The van der Waals surface area contributed by atoms with Crippen molar-refractivity contribution in [3.8, 4) is 0 Å². The van der Waals surface area contributed by atoms with E-state index in [-0.39, 0.29) is 5.84 Å². The lowest BCUT2D eigenvalue weighted by Gasteiger charge is -2.22. The van der Waals surface area contributed by atoms with Crippen molar-refractivity contribution >= 4 is 11.9 Å². The van der Waals surface area contributed by atoms with E-state index in [0.717, 1.165) is 12.0 Å². The fourth-order valence-corrected chi connectivity index (χ4v) is 2.36. The van der Waals surface area contributed by atoms with Gasteiger partial charge in [0.1, 0.15) is 0 Å². The van der Waals surface area contributed by atoms with E-state index in [0.29, 0.717) is 6.42 Å². The predicted octanol–water partition coefficient (Wildman–Crippen LogP) is 1.34. The van der Waals surface area contributed by atoms with Crippen LogP contribution in [0.15, 0.2) is 29.3 Å². The van der Waals surface area contributed by atoms with E-state index in [1.165, 1.54) is 5.56 Å². The molecule has 1 heterocycles. The van der Waals surface area contributed by atoms with Gasteiger partial charge >= 0.3 is 6.09 Å². The number of carbonyl (C=O) groups excluding carboxylic acids is 1. The number of fused-ring (bicyclic) bond motifs is 2. The van der Waals surface area contributed by atoms with Gasteiger partial charge in [-0.25, -0.2) is 4.79 Å². The quantitative estimate of drug-likeness (QED) is 0.690. The van der Waals surface area contributed by atoms with E-state index in [1.54, 1.807) is 0 Å². The molecule has 1 aromatic carbocycles. The minimum absolute atomic E-state index is 0.289. The van der Waals surface area contributed by atoms with Gasteiger partial charge in [-0.3, -0.25) is 0 Å². The van der Waals surface area contributed by atoms with Crippen molar-refractivity contribution in [2.24, 2.45) is 10.7 Å². The Morgan fingerprint density at radius 2 is 2.20 bits per heavy atom. The van der Waals surface area contributed by atoms with Crippen molar-refractivity contribution in [3.05, 3.63) is 35.4 Å². The molecule has 1 amide bonds. The summed E-state index contributed by atoms with van der Waals surface area (Å²) in [5, 5.41) is 0. The first-order valence-electron chi connectivity index (χ1n) is 4.88. The maximum absolute atomic E-state index is 11.1. The van der Waals surface area contributed by atoms with Crippen LogP contribution >= 0.6 is 0 Å². The lowest BCUT2D eigenvalue weighted by atomic mass is 9.95. The third-order valence-corrected chi connectivity index (χ3v) is 3.09. The summed E-state index contributed by atoms with van der Waals surface area (Å²) in [7, 11) is 0. The summed E-state index contributed by atoms with van der Waals surface area (Å²) in [5.74, 6) is 0.289. The van der Waals surface area contributed by atoms with Crippen LogP contribution in [-0.2, 0) is 16.8 Å². The van der Waals surface area contributed by atoms with E-state index >= 15 is 0 Å². The van der Waals surface area contributed by atoms with Crippen molar-refractivity contribution in [1.82, 2.24) is 0 Å². The third kappa shape index (κ3) is 0.960. The van der Waals surface area contributed by atoms with Gasteiger partial charge in [0.25, 0.3) is 0 Å². The molecule has 0 fully saturated rings. The van der Waals surface area contributed by atoms with Crippen molar-refractivity contribution in [2.75, 3.05) is 0 Å². The molecule has 1 aliphatic carbocycles. The number of aliphatic imine (C=N–C) groups is 1. The summed E-state index contributed by atoms with van der Waals surface area (Å²) < 4.78 is 5.28. The normalized spacial score (nSPS) is 27.7. The maximum atomic E-state index is 11.1. The highest BCUT2D eigenvalue weighted by Crippen LogP contribution is 2.42. The van der Waals surface area contributed by atoms with Crippen LogP contribution in [0.4, 0.5) is 4.79 Å². The number of carbonyl (C=O) groups is 1. The first-order valence-corrected chi connectivity index (χ1v) is 4.88. The summed E-state index contributed by atoms with van der Waals surface area (Å²) in [4.78, 5) is 14.8. The number of amides is 1. The Kier molecular flexibility index (Phi) is 1.46. The smallest absolute Gasteiger partial charge is 0.428 e. The van der Waals surface area contributed by atoms with Gasteiger partial charge in [0, 0.05) is 12.0 Å². The van der Waals surface area contributed by atoms with E-state index in [2.05, 4.69) is 4.99 Å². The highest BCUT2D eigenvalue weighted by molar-refractivity contribution is 6.03. The van der Waals surface area contributed by atoms with E-state index < -0.39 is 11.7 Å². The van der Waals surface area contributed by atoms with Crippen LogP contribution in [0.3, 0.4) is 0 Å². The summed E-state index contributed by atoms with van der Waals surface area (Å²) in [6.07, 6.45) is 0.997. The second kappa shape index (κ2) is 2.59. The molecule has 2 aliphatic rings. The Balaban J connectivity index is 2.18. The fraction of sp³-hybridized carbons (Fsp3) is 0.273. The molecule has 1 aliphatic heterocycles. The highest BCUT2D eigenvalue weighted by atomic mass is 16.6. The average Bonchev–Trinajstić information content (AvgIpc) is 2.72. The summed E-state index contributed by atoms with van der Waals surface area (Å²) >= 11 is 0. The second-order valence-corrected chi connectivity index (χ2v) is 3.85. The number of hydrogen-bond donors (Lipinski definition) is 1. The zero-order valence-electron chi connectivity index (χ0n) is 8.06. The van der Waals surface area contributed by atoms with Crippen LogP contribution in [0.5, 0.6) is 0 Å². The fourth-order valence-electron chi connectivity index (χ4n) is 2.36. The molecular weight excluding hydrogens is 192 g/mol. The van der Waals surface area contributed by atoms with Crippen molar-refractivity contribution in [1.29, 1.82) is 0 Å². The maximum Gasteiger partial charge on any atom is 0.436 e. The molecule has 15 heavy (non-hydrogen) atoms. The molecule has 0 radical (unpaired) electrons. The molecule has 3 rings (SSSR count).